The Morgan fingerprint density at radius 2 is 1.76 bits per heavy atom. The summed E-state index contributed by atoms with van der Waals surface area (Å²) >= 11 is 0. The van der Waals surface area contributed by atoms with E-state index in [0.29, 0.717) is 24.1 Å². The molecule has 5 rings (SSSR count). The lowest BCUT2D eigenvalue weighted by Crippen LogP contribution is -2.53. The molecule has 3 atom stereocenters. The van der Waals surface area contributed by atoms with E-state index in [4.69, 9.17) is 9.47 Å². The molecule has 3 unspecified atom stereocenters. The second-order valence-corrected chi connectivity index (χ2v) is 10.7. The van der Waals surface area contributed by atoms with E-state index in [1.807, 2.05) is 0 Å². The lowest BCUT2D eigenvalue weighted by Gasteiger charge is -2.48. The van der Waals surface area contributed by atoms with E-state index in [1.165, 1.54) is 37.4 Å². The monoisotopic (exact) mass is 592 g/mol. The van der Waals surface area contributed by atoms with E-state index in [0.717, 1.165) is 25.3 Å². The molecule has 0 aromatic heterocycles. The van der Waals surface area contributed by atoms with Crippen LogP contribution in [0.5, 0.6) is 11.5 Å². The van der Waals surface area contributed by atoms with Crippen LogP contribution in [-0.2, 0) is 14.3 Å². The number of hydrogen-bond donors (Lipinski definition) is 0. The molecule has 226 valence electrons. The highest BCUT2D eigenvalue weighted by Gasteiger charge is 2.51. The van der Waals surface area contributed by atoms with E-state index in [9.17, 15) is 31.9 Å². The van der Waals surface area contributed by atoms with Gasteiger partial charge in [-0.1, -0.05) is 6.42 Å². The highest BCUT2D eigenvalue weighted by Crippen LogP contribution is 2.53. The molecule has 2 aromatic rings. The van der Waals surface area contributed by atoms with Crippen LogP contribution in [0.1, 0.15) is 73.8 Å². The van der Waals surface area contributed by atoms with Crippen molar-refractivity contribution in [3.8, 4) is 11.5 Å². The highest BCUT2D eigenvalue weighted by atomic mass is 19.4. The number of nitrogens with zero attached hydrogens (tertiary/aromatic N) is 2. The average molecular weight is 593 g/mol. The van der Waals surface area contributed by atoms with Gasteiger partial charge in [0.2, 0.25) is 5.91 Å². The molecule has 2 saturated carbocycles. The van der Waals surface area contributed by atoms with Gasteiger partial charge in [-0.05, 0) is 69.0 Å². The highest BCUT2D eigenvalue weighted by molar-refractivity contribution is 6.08. The van der Waals surface area contributed by atoms with Gasteiger partial charge in [0, 0.05) is 41.2 Å². The number of carbonyl (C=O) groups excluding carboxylic acids is 3. The molecule has 12 heteroatoms. The van der Waals surface area contributed by atoms with Crippen molar-refractivity contribution in [1.82, 2.24) is 4.90 Å². The van der Waals surface area contributed by atoms with Crippen molar-refractivity contribution in [3.63, 3.8) is 0 Å². The van der Waals surface area contributed by atoms with Crippen molar-refractivity contribution < 1.29 is 46.2 Å². The van der Waals surface area contributed by atoms with Gasteiger partial charge in [0.25, 0.3) is 5.91 Å². The first-order valence-corrected chi connectivity index (χ1v) is 14.1. The Morgan fingerprint density at radius 3 is 2.43 bits per heavy atom. The number of methoxy groups -OCH3 is 1. The van der Waals surface area contributed by atoms with Crippen LogP contribution >= 0.6 is 0 Å². The Kier molecular flexibility index (Phi) is 8.34. The lowest BCUT2D eigenvalue weighted by molar-refractivity contribution is -0.275. The first-order chi connectivity index (χ1) is 20.0. The number of amides is 2. The predicted octanol–water partition coefficient (Wildman–Crippen LogP) is 5.94. The topological polar surface area (TPSA) is 85.4 Å². The Hall–Kier alpha value is -3.83. The van der Waals surface area contributed by atoms with E-state index in [2.05, 4.69) is 4.74 Å². The van der Waals surface area contributed by atoms with Crippen LogP contribution in [0.4, 0.5) is 23.2 Å². The number of esters is 1. The molecule has 1 aliphatic heterocycles. The Bertz CT molecular complexity index is 1360. The third kappa shape index (κ3) is 6.03. The fraction of sp³-hybridized carbons (Fsp3) is 0.500. The van der Waals surface area contributed by atoms with E-state index >= 15 is 0 Å². The van der Waals surface area contributed by atoms with Crippen LogP contribution in [0.25, 0.3) is 0 Å². The van der Waals surface area contributed by atoms with E-state index in [1.54, 1.807) is 16.7 Å². The van der Waals surface area contributed by atoms with E-state index in [-0.39, 0.29) is 54.7 Å². The van der Waals surface area contributed by atoms with Gasteiger partial charge in [0.15, 0.2) is 11.5 Å². The average Bonchev–Trinajstić information content (AvgIpc) is 3.66. The molecule has 8 nitrogen and oxygen atoms in total. The number of hydrogen-bond acceptors (Lipinski definition) is 6. The predicted molar refractivity (Wildman–Crippen MR) is 142 cm³/mol. The lowest BCUT2D eigenvalue weighted by atomic mass is 9.81. The van der Waals surface area contributed by atoms with Crippen molar-refractivity contribution in [2.24, 2.45) is 5.92 Å². The van der Waals surface area contributed by atoms with Crippen LogP contribution in [0, 0.1) is 11.7 Å². The van der Waals surface area contributed by atoms with Gasteiger partial charge in [-0.15, -0.1) is 13.2 Å². The minimum atomic E-state index is -4.94. The SMILES string of the molecule is CCOC(=O)CCC(=O)N(C1CC1)C1c2cc(F)ccc2N(C(=O)c2ccc(OC(F)(F)F)c(OC)c2)C2CCCC21. The summed E-state index contributed by atoms with van der Waals surface area (Å²) in [7, 11) is 1.18. The molecule has 42 heavy (non-hydrogen) atoms. The number of alkyl halides is 3. The molecule has 2 fully saturated rings. The first kappa shape index (κ1) is 29.7. The number of carbonyl (C=O) groups is 3. The Labute approximate surface area is 240 Å². The Morgan fingerprint density at radius 1 is 1.00 bits per heavy atom. The largest absolute Gasteiger partial charge is 0.573 e. The van der Waals surface area contributed by atoms with Gasteiger partial charge < -0.3 is 24.0 Å². The van der Waals surface area contributed by atoms with Crippen LogP contribution in [0.2, 0.25) is 0 Å². The number of fused-ring (bicyclic) bond motifs is 2. The first-order valence-electron chi connectivity index (χ1n) is 14.1. The number of benzene rings is 2. The summed E-state index contributed by atoms with van der Waals surface area (Å²) in [4.78, 5) is 43.0. The molecule has 2 aromatic carbocycles. The zero-order valence-corrected chi connectivity index (χ0v) is 23.3. The Balaban J connectivity index is 1.52. The van der Waals surface area contributed by atoms with Gasteiger partial charge in [0.05, 0.1) is 26.2 Å². The minimum absolute atomic E-state index is 0.0390. The number of ether oxygens (including phenoxy) is 3. The maximum absolute atomic E-state index is 14.8. The number of anilines is 1. The summed E-state index contributed by atoms with van der Waals surface area (Å²) in [6.45, 7) is 1.91. The summed E-state index contributed by atoms with van der Waals surface area (Å²) in [6.07, 6.45) is -1.38. The molecule has 0 N–H and O–H groups in total. The maximum atomic E-state index is 14.8. The van der Waals surface area contributed by atoms with Crippen molar-refractivity contribution in [2.45, 2.75) is 76.4 Å². The van der Waals surface area contributed by atoms with Crippen molar-refractivity contribution in [2.75, 3.05) is 18.6 Å². The van der Waals surface area contributed by atoms with Crippen LogP contribution in [-0.4, -0.2) is 54.8 Å². The normalized spacial score (nSPS) is 21.3. The van der Waals surface area contributed by atoms with Gasteiger partial charge >= 0.3 is 12.3 Å². The molecule has 0 spiro atoms. The molecular weight excluding hydrogens is 560 g/mol. The zero-order chi connectivity index (χ0) is 30.2. The molecule has 0 saturated heterocycles. The molecule has 0 bridgehead atoms. The van der Waals surface area contributed by atoms with Gasteiger partial charge in [0.1, 0.15) is 5.82 Å². The van der Waals surface area contributed by atoms with Crippen LogP contribution in [0.15, 0.2) is 36.4 Å². The molecular formula is C30H32F4N2O6. The van der Waals surface area contributed by atoms with Crippen LogP contribution in [0.3, 0.4) is 0 Å². The molecule has 2 amide bonds. The minimum Gasteiger partial charge on any atom is -0.493 e. The van der Waals surface area contributed by atoms with Crippen molar-refractivity contribution in [3.05, 3.63) is 53.3 Å². The number of rotatable bonds is 9. The van der Waals surface area contributed by atoms with Crippen molar-refractivity contribution in [1.29, 1.82) is 0 Å². The van der Waals surface area contributed by atoms with E-state index < -0.39 is 35.8 Å². The summed E-state index contributed by atoms with van der Waals surface area (Å²) in [5, 5.41) is 0. The number of halogens is 4. The van der Waals surface area contributed by atoms with Gasteiger partial charge in [-0.25, -0.2) is 4.39 Å². The zero-order valence-electron chi connectivity index (χ0n) is 23.3. The van der Waals surface area contributed by atoms with Gasteiger partial charge in [-0.2, -0.15) is 0 Å². The van der Waals surface area contributed by atoms with Gasteiger partial charge in [-0.3, -0.25) is 14.4 Å². The second-order valence-electron chi connectivity index (χ2n) is 10.7. The quantitative estimate of drug-likeness (QED) is 0.265. The van der Waals surface area contributed by atoms with Crippen molar-refractivity contribution >= 4 is 23.5 Å². The van der Waals surface area contributed by atoms with Crippen LogP contribution < -0.4 is 14.4 Å². The fourth-order valence-electron chi connectivity index (χ4n) is 6.32. The standard InChI is InChI=1S/C30H32F4N2O6/c1-3-41-27(38)14-13-26(37)35(19-9-10-19)28-20-5-4-6-22(20)36(23-11-8-18(31)16-21(23)28)29(39)17-7-12-24(25(15-17)40-2)42-30(32,33)34/h7-8,11-12,15-16,19-20,22,28H,3-6,9-10,13-14H2,1-2H3. The summed E-state index contributed by atoms with van der Waals surface area (Å²) in [5.74, 6) is -2.74. The fourth-order valence-corrected chi connectivity index (χ4v) is 6.32. The molecule has 3 aliphatic rings. The summed E-state index contributed by atoms with van der Waals surface area (Å²) in [6, 6.07) is 6.69. The summed E-state index contributed by atoms with van der Waals surface area (Å²) < 4.78 is 67.4. The maximum Gasteiger partial charge on any atom is 0.573 e. The molecule has 0 radical (unpaired) electrons. The smallest absolute Gasteiger partial charge is 0.493 e. The molecule has 1 heterocycles. The second kappa shape index (κ2) is 11.8. The molecule has 2 aliphatic carbocycles. The third-order valence-corrected chi connectivity index (χ3v) is 8.07. The summed E-state index contributed by atoms with van der Waals surface area (Å²) in [5.41, 5.74) is 1.00. The third-order valence-electron chi connectivity index (χ3n) is 8.07.